The van der Waals surface area contributed by atoms with Gasteiger partial charge in [-0.1, -0.05) is 19.8 Å². The number of carboxylic acids is 1. The highest BCUT2D eigenvalue weighted by atomic mass is 35.5. The third kappa shape index (κ3) is 6.57. The van der Waals surface area contributed by atoms with Crippen molar-refractivity contribution in [1.29, 1.82) is 0 Å². The molecule has 2 N–H and O–H groups in total. The smallest absolute Gasteiger partial charge is 0.317 e. The van der Waals surface area contributed by atoms with Crippen LogP contribution in [0, 0.1) is 5.92 Å². The van der Waals surface area contributed by atoms with E-state index in [4.69, 9.17) is 5.11 Å². The Morgan fingerprint density at radius 1 is 1.17 bits per heavy atom. The number of carbonyl (C=O) groups is 2. The molecular formula is C17H32ClN3O3. The van der Waals surface area contributed by atoms with Crippen LogP contribution in [0.15, 0.2) is 0 Å². The molecule has 0 aromatic heterocycles. The molecule has 24 heavy (non-hydrogen) atoms. The summed E-state index contributed by atoms with van der Waals surface area (Å²) in [7, 11) is 1.87. The first-order valence-corrected chi connectivity index (χ1v) is 8.89. The molecule has 1 saturated heterocycles. The molecule has 1 saturated carbocycles. The number of hydrogen-bond acceptors (Lipinski definition) is 4. The van der Waals surface area contributed by atoms with E-state index < -0.39 is 5.97 Å². The largest absolute Gasteiger partial charge is 0.480 e. The normalized spacial score (nSPS) is 26.0. The van der Waals surface area contributed by atoms with E-state index in [1.807, 2.05) is 11.9 Å². The van der Waals surface area contributed by atoms with E-state index in [9.17, 15) is 9.59 Å². The lowest BCUT2D eigenvalue weighted by Crippen LogP contribution is -2.49. The molecule has 0 aromatic rings. The van der Waals surface area contributed by atoms with Crippen LogP contribution in [0.2, 0.25) is 0 Å². The molecule has 6 nitrogen and oxygen atoms in total. The zero-order valence-electron chi connectivity index (χ0n) is 14.9. The van der Waals surface area contributed by atoms with Gasteiger partial charge >= 0.3 is 5.97 Å². The number of halogens is 1. The van der Waals surface area contributed by atoms with Crippen LogP contribution in [0.1, 0.15) is 45.4 Å². The van der Waals surface area contributed by atoms with Gasteiger partial charge in [-0.2, -0.15) is 0 Å². The van der Waals surface area contributed by atoms with Crippen molar-refractivity contribution in [1.82, 2.24) is 15.1 Å². The van der Waals surface area contributed by atoms with Gasteiger partial charge < -0.3 is 10.4 Å². The highest BCUT2D eigenvalue weighted by molar-refractivity contribution is 5.85. The maximum Gasteiger partial charge on any atom is 0.317 e. The summed E-state index contributed by atoms with van der Waals surface area (Å²) in [4.78, 5) is 27.1. The third-order valence-corrected chi connectivity index (χ3v) is 5.39. The van der Waals surface area contributed by atoms with Crippen molar-refractivity contribution < 1.29 is 14.7 Å². The van der Waals surface area contributed by atoms with Gasteiger partial charge in [-0.05, 0) is 38.6 Å². The molecule has 2 unspecified atom stereocenters. The van der Waals surface area contributed by atoms with Crippen molar-refractivity contribution >= 4 is 24.3 Å². The monoisotopic (exact) mass is 361 g/mol. The number of hydrogen-bond donors (Lipinski definition) is 2. The van der Waals surface area contributed by atoms with E-state index in [0.717, 1.165) is 32.4 Å². The second-order valence-corrected chi connectivity index (χ2v) is 7.25. The van der Waals surface area contributed by atoms with Crippen LogP contribution in [0.4, 0.5) is 0 Å². The van der Waals surface area contributed by atoms with Gasteiger partial charge in [0.1, 0.15) is 0 Å². The summed E-state index contributed by atoms with van der Waals surface area (Å²) in [6.07, 6.45) is 6.68. The van der Waals surface area contributed by atoms with Gasteiger partial charge in [0.15, 0.2) is 0 Å². The predicted molar refractivity (Wildman–Crippen MR) is 96.5 cm³/mol. The van der Waals surface area contributed by atoms with Crippen molar-refractivity contribution in [3.63, 3.8) is 0 Å². The number of nitrogens with zero attached hydrogens (tertiary/aromatic N) is 2. The fraction of sp³-hybridized carbons (Fsp3) is 0.882. The minimum absolute atomic E-state index is 0. The maximum atomic E-state index is 12.2. The lowest BCUT2D eigenvalue weighted by Gasteiger charge is -2.36. The Morgan fingerprint density at radius 2 is 1.79 bits per heavy atom. The molecule has 2 atom stereocenters. The SMILES string of the molecule is CC1CCCCC1NC(=O)CN1CCC(N(C)CC(=O)O)CC1.Cl. The fourth-order valence-corrected chi connectivity index (χ4v) is 3.85. The summed E-state index contributed by atoms with van der Waals surface area (Å²) in [5.74, 6) is -0.0555. The Bertz CT molecular complexity index is 414. The Morgan fingerprint density at radius 3 is 2.38 bits per heavy atom. The minimum atomic E-state index is -0.782. The lowest BCUT2D eigenvalue weighted by molar-refractivity contribution is -0.138. The number of carbonyl (C=O) groups excluding carboxylic acids is 1. The summed E-state index contributed by atoms with van der Waals surface area (Å²) < 4.78 is 0. The summed E-state index contributed by atoms with van der Waals surface area (Å²) in [6.45, 7) is 4.52. The van der Waals surface area contributed by atoms with Gasteiger partial charge in [0.2, 0.25) is 5.91 Å². The number of piperidine rings is 1. The number of likely N-dealkylation sites (tertiary alicyclic amines) is 1. The van der Waals surface area contributed by atoms with Gasteiger partial charge in [0.25, 0.3) is 0 Å². The molecule has 0 spiro atoms. The van der Waals surface area contributed by atoms with Crippen LogP contribution in [0.5, 0.6) is 0 Å². The summed E-state index contributed by atoms with van der Waals surface area (Å²) >= 11 is 0. The van der Waals surface area contributed by atoms with Crippen molar-refractivity contribution in [2.24, 2.45) is 5.92 Å². The first-order valence-electron chi connectivity index (χ1n) is 8.89. The fourth-order valence-electron chi connectivity index (χ4n) is 3.85. The van der Waals surface area contributed by atoms with Crippen LogP contribution in [-0.4, -0.2) is 72.1 Å². The van der Waals surface area contributed by atoms with Crippen molar-refractivity contribution in [2.75, 3.05) is 33.2 Å². The highest BCUT2D eigenvalue weighted by Gasteiger charge is 2.26. The van der Waals surface area contributed by atoms with Crippen molar-refractivity contribution in [3.05, 3.63) is 0 Å². The van der Waals surface area contributed by atoms with Crippen molar-refractivity contribution in [3.8, 4) is 0 Å². The third-order valence-electron chi connectivity index (χ3n) is 5.39. The summed E-state index contributed by atoms with van der Waals surface area (Å²) in [6, 6.07) is 0.652. The number of likely N-dealkylation sites (N-methyl/N-ethyl adjacent to an activating group) is 1. The molecule has 0 radical (unpaired) electrons. The number of aliphatic carboxylic acids is 1. The molecule has 140 valence electrons. The Balaban J connectivity index is 0.00000288. The first kappa shape index (κ1) is 21.2. The van der Waals surface area contributed by atoms with Crippen LogP contribution < -0.4 is 5.32 Å². The molecule has 7 heteroatoms. The number of rotatable bonds is 6. The molecule has 2 fully saturated rings. The molecular weight excluding hydrogens is 330 g/mol. The van der Waals surface area contributed by atoms with Crippen molar-refractivity contribution in [2.45, 2.75) is 57.5 Å². The van der Waals surface area contributed by atoms with E-state index in [1.165, 1.54) is 19.3 Å². The Kier molecular flexibility index (Phi) is 9.02. The van der Waals surface area contributed by atoms with E-state index in [1.54, 1.807) is 0 Å². The Labute approximate surface area is 151 Å². The highest BCUT2D eigenvalue weighted by Crippen LogP contribution is 2.23. The zero-order valence-corrected chi connectivity index (χ0v) is 15.7. The number of carboxylic acid groups (broad SMARTS) is 1. The standard InChI is InChI=1S/C17H31N3O3.ClH/c1-13-5-3-4-6-15(13)18-16(21)11-20-9-7-14(8-10-20)19(2)12-17(22)23;/h13-15H,3-12H2,1-2H3,(H,18,21)(H,22,23);1H. The van der Waals surface area contributed by atoms with Crippen LogP contribution >= 0.6 is 12.4 Å². The molecule has 1 aliphatic carbocycles. The van der Waals surface area contributed by atoms with Crippen LogP contribution in [-0.2, 0) is 9.59 Å². The molecule has 2 rings (SSSR count). The average Bonchev–Trinajstić information content (AvgIpc) is 2.49. The van der Waals surface area contributed by atoms with Crippen LogP contribution in [0.3, 0.4) is 0 Å². The predicted octanol–water partition coefficient (Wildman–Crippen LogP) is 1.58. The quantitative estimate of drug-likeness (QED) is 0.751. The van der Waals surface area contributed by atoms with Gasteiger partial charge in [-0.3, -0.25) is 19.4 Å². The average molecular weight is 362 g/mol. The molecule has 0 bridgehead atoms. The minimum Gasteiger partial charge on any atom is -0.480 e. The molecule has 2 aliphatic rings. The van der Waals surface area contributed by atoms with E-state index in [-0.39, 0.29) is 24.9 Å². The zero-order chi connectivity index (χ0) is 16.8. The number of amides is 1. The van der Waals surface area contributed by atoms with E-state index >= 15 is 0 Å². The molecule has 1 heterocycles. The van der Waals surface area contributed by atoms with Gasteiger partial charge in [0, 0.05) is 25.2 Å². The molecule has 1 amide bonds. The van der Waals surface area contributed by atoms with Gasteiger partial charge in [-0.25, -0.2) is 0 Å². The van der Waals surface area contributed by atoms with E-state index in [2.05, 4.69) is 17.1 Å². The summed E-state index contributed by atoms with van der Waals surface area (Å²) in [5.41, 5.74) is 0. The lowest BCUT2D eigenvalue weighted by atomic mass is 9.86. The molecule has 0 aromatic carbocycles. The maximum absolute atomic E-state index is 12.2. The number of nitrogens with one attached hydrogen (secondary N) is 1. The summed E-state index contributed by atoms with van der Waals surface area (Å²) in [5, 5.41) is 12.1. The first-order chi connectivity index (χ1) is 11.0. The molecule has 1 aliphatic heterocycles. The Hall–Kier alpha value is -0.850. The van der Waals surface area contributed by atoms with E-state index in [0.29, 0.717) is 24.5 Å². The van der Waals surface area contributed by atoms with Gasteiger partial charge in [-0.15, -0.1) is 12.4 Å². The van der Waals surface area contributed by atoms with Gasteiger partial charge in [0.05, 0.1) is 13.1 Å². The second-order valence-electron chi connectivity index (χ2n) is 7.25. The van der Waals surface area contributed by atoms with Crippen LogP contribution in [0.25, 0.3) is 0 Å². The topological polar surface area (TPSA) is 72.9 Å². The second kappa shape index (κ2) is 10.2.